The highest BCUT2D eigenvalue weighted by Crippen LogP contribution is 2.45. The number of hydrogen-bond acceptors (Lipinski definition) is 1. The summed E-state index contributed by atoms with van der Waals surface area (Å²) in [6.45, 7) is 0. The van der Waals surface area contributed by atoms with E-state index in [0.29, 0.717) is 0 Å². The van der Waals surface area contributed by atoms with E-state index >= 15 is 0 Å². The fourth-order valence-electron chi connectivity index (χ4n) is 7.83. The van der Waals surface area contributed by atoms with Crippen LogP contribution in [0.15, 0.2) is 199 Å². The average Bonchev–Trinajstić information content (AvgIpc) is 3.58. The van der Waals surface area contributed by atoms with Crippen molar-refractivity contribution < 1.29 is 4.42 Å². The molecular formula is C50H32O. The molecule has 0 amide bonds. The molecule has 0 saturated heterocycles. The summed E-state index contributed by atoms with van der Waals surface area (Å²) in [5.74, 6) is 0. The quantitative estimate of drug-likeness (QED) is 0.169. The lowest BCUT2D eigenvalue weighted by atomic mass is 9.85. The Labute approximate surface area is 296 Å². The molecule has 0 bridgehead atoms. The van der Waals surface area contributed by atoms with Crippen LogP contribution in [0.4, 0.5) is 0 Å². The maximum Gasteiger partial charge on any atom is 0.136 e. The second kappa shape index (κ2) is 12.0. The molecule has 0 spiro atoms. The molecule has 10 rings (SSSR count). The minimum absolute atomic E-state index is 0.896. The van der Waals surface area contributed by atoms with E-state index in [0.717, 1.165) is 27.5 Å². The van der Waals surface area contributed by atoms with Crippen molar-refractivity contribution in [2.75, 3.05) is 0 Å². The molecule has 1 nitrogen and oxygen atoms in total. The number of furan rings is 1. The summed E-state index contributed by atoms with van der Waals surface area (Å²) >= 11 is 0. The lowest BCUT2D eigenvalue weighted by Gasteiger charge is -2.18. The van der Waals surface area contributed by atoms with Gasteiger partial charge in [-0.2, -0.15) is 0 Å². The van der Waals surface area contributed by atoms with Gasteiger partial charge in [0.2, 0.25) is 0 Å². The molecule has 1 heterocycles. The summed E-state index contributed by atoms with van der Waals surface area (Å²) in [5, 5.41) is 7.23. The van der Waals surface area contributed by atoms with Gasteiger partial charge in [-0.3, -0.25) is 0 Å². The Morgan fingerprint density at radius 2 is 0.647 bits per heavy atom. The van der Waals surface area contributed by atoms with E-state index in [9.17, 15) is 0 Å². The second-order valence-corrected chi connectivity index (χ2v) is 13.3. The SMILES string of the molecule is c1ccc(-c2ccc(-c3c4ccccc4c(-c4ccc5oc6cc(-c7cccc(-c8ccccc8)c7)ccc6c5c4)c4ccccc34)cc2)cc1. The third-order valence-electron chi connectivity index (χ3n) is 10.3. The van der Waals surface area contributed by atoms with Gasteiger partial charge in [-0.05, 0) is 108 Å². The topological polar surface area (TPSA) is 13.1 Å². The lowest BCUT2D eigenvalue weighted by Crippen LogP contribution is -1.91. The number of benzene rings is 9. The van der Waals surface area contributed by atoms with Crippen LogP contribution in [0, 0.1) is 0 Å². The van der Waals surface area contributed by atoms with Gasteiger partial charge >= 0.3 is 0 Å². The van der Waals surface area contributed by atoms with Crippen molar-refractivity contribution in [3.05, 3.63) is 194 Å². The number of hydrogen-bond donors (Lipinski definition) is 0. The van der Waals surface area contributed by atoms with Crippen LogP contribution in [-0.2, 0) is 0 Å². The molecule has 0 aliphatic heterocycles. The summed E-state index contributed by atoms with van der Waals surface area (Å²) in [6.07, 6.45) is 0. The Hall–Kier alpha value is -6.70. The first-order valence-electron chi connectivity index (χ1n) is 17.5. The molecule has 0 aliphatic carbocycles. The van der Waals surface area contributed by atoms with Crippen molar-refractivity contribution in [2.45, 2.75) is 0 Å². The molecular weight excluding hydrogens is 617 g/mol. The molecule has 238 valence electrons. The molecule has 1 aromatic heterocycles. The van der Waals surface area contributed by atoms with Crippen LogP contribution in [-0.4, -0.2) is 0 Å². The van der Waals surface area contributed by atoms with Gasteiger partial charge in [0.25, 0.3) is 0 Å². The highest BCUT2D eigenvalue weighted by Gasteiger charge is 2.18. The highest BCUT2D eigenvalue weighted by atomic mass is 16.3. The van der Waals surface area contributed by atoms with Gasteiger partial charge in [-0.25, -0.2) is 0 Å². The van der Waals surface area contributed by atoms with Gasteiger partial charge in [0, 0.05) is 10.8 Å². The first-order chi connectivity index (χ1) is 25.3. The van der Waals surface area contributed by atoms with E-state index in [2.05, 4.69) is 194 Å². The van der Waals surface area contributed by atoms with Gasteiger partial charge in [0.15, 0.2) is 0 Å². The fraction of sp³-hybridized carbons (Fsp3) is 0. The molecule has 51 heavy (non-hydrogen) atoms. The first kappa shape index (κ1) is 29.2. The largest absolute Gasteiger partial charge is 0.456 e. The third kappa shape index (κ3) is 5.02. The molecule has 0 unspecified atom stereocenters. The van der Waals surface area contributed by atoms with E-state index in [-0.39, 0.29) is 0 Å². The summed E-state index contributed by atoms with van der Waals surface area (Å²) in [7, 11) is 0. The minimum atomic E-state index is 0.896. The lowest BCUT2D eigenvalue weighted by molar-refractivity contribution is 0.669. The highest BCUT2D eigenvalue weighted by molar-refractivity contribution is 6.22. The Morgan fingerprint density at radius 3 is 1.27 bits per heavy atom. The molecule has 0 N–H and O–H groups in total. The van der Waals surface area contributed by atoms with Crippen molar-refractivity contribution in [1.29, 1.82) is 0 Å². The molecule has 9 aromatic carbocycles. The van der Waals surface area contributed by atoms with Crippen LogP contribution in [0.1, 0.15) is 0 Å². The zero-order valence-electron chi connectivity index (χ0n) is 27.9. The molecule has 1 heteroatoms. The molecule has 0 radical (unpaired) electrons. The second-order valence-electron chi connectivity index (χ2n) is 13.3. The normalized spacial score (nSPS) is 11.5. The predicted octanol–water partition coefficient (Wildman–Crippen LogP) is 14.2. The van der Waals surface area contributed by atoms with Crippen molar-refractivity contribution in [3.63, 3.8) is 0 Å². The Balaban J connectivity index is 1.11. The third-order valence-corrected chi connectivity index (χ3v) is 10.3. The monoisotopic (exact) mass is 648 g/mol. The summed E-state index contributed by atoms with van der Waals surface area (Å²) in [5.41, 5.74) is 13.9. The minimum Gasteiger partial charge on any atom is -0.456 e. The molecule has 0 aliphatic rings. The first-order valence-corrected chi connectivity index (χ1v) is 17.5. The fourth-order valence-corrected chi connectivity index (χ4v) is 7.83. The summed E-state index contributed by atoms with van der Waals surface area (Å²) < 4.78 is 6.51. The van der Waals surface area contributed by atoms with Gasteiger partial charge in [-0.1, -0.05) is 164 Å². The van der Waals surface area contributed by atoms with Crippen molar-refractivity contribution >= 4 is 43.5 Å². The Kier molecular flexibility index (Phi) is 6.89. The van der Waals surface area contributed by atoms with Crippen molar-refractivity contribution in [2.24, 2.45) is 0 Å². The van der Waals surface area contributed by atoms with E-state index in [1.54, 1.807) is 0 Å². The molecule has 0 fully saturated rings. The van der Waals surface area contributed by atoms with Crippen LogP contribution in [0.25, 0.3) is 99.1 Å². The molecule has 10 aromatic rings. The van der Waals surface area contributed by atoms with Crippen LogP contribution in [0.5, 0.6) is 0 Å². The van der Waals surface area contributed by atoms with Gasteiger partial charge < -0.3 is 4.42 Å². The zero-order chi connectivity index (χ0) is 33.7. The molecule has 0 saturated carbocycles. The average molecular weight is 649 g/mol. The van der Waals surface area contributed by atoms with Crippen LogP contribution in [0.2, 0.25) is 0 Å². The van der Waals surface area contributed by atoms with Gasteiger partial charge in [-0.15, -0.1) is 0 Å². The summed E-state index contributed by atoms with van der Waals surface area (Å²) in [6, 6.07) is 69.9. The van der Waals surface area contributed by atoms with Crippen molar-refractivity contribution in [3.8, 4) is 55.6 Å². The predicted molar refractivity (Wildman–Crippen MR) is 216 cm³/mol. The maximum atomic E-state index is 6.51. The number of fused-ring (bicyclic) bond motifs is 5. The Morgan fingerprint density at radius 1 is 0.216 bits per heavy atom. The summed E-state index contributed by atoms with van der Waals surface area (Å²) in [4.78, 5) is 0. The van der Waals surface area contributed by atoms with Gasteiger partial charge in [0.05, 0.1) is 0 Å². The zero-order valence-corrected chi connectivity index (χ0v) is 27.9. The van der Waals surface area contributed by atoms with Crippen molar-refractivity contribution in [1.82, 2.24) is 0 Å². The van der Waals surface area contributed by atoms with Crippen LogP contribution < -0.4 is 0 Å². The molecule has 0 atom stereocenters. The Bertz CT molecular complexity index is 2820. The maximum absolute atomic E-state index is 6.51. The van der Waals surface area contributed by atoms with E-state index in [1.807, 2.05) is 0 Å². The van der Waals surface area contributed by atoms with E-state index in [4.69, 9.17) is 4.42 Å². The number of rotatable bonds is 5. The van der Waals surface area contributed by atoms with Crippen LogP contribution in [0.3, 0.4) is 0 Å². The van der Waals surface area contributed by atoms with E-state index < -0.39 is 0 Å². The van der Waals surface area contributed by atoms with E-state index in [1.165, 1.54) is 71.6 Å². The smallest absolute Gasteiger partial charge is 0.136 e. The van der Waals surface area contributed by atoms with Gasteiger partial charge in [0.1, 0.15) is 11.2 Å². The van der Waals surface area contributed by atoms with Crippen LogP contribution >= 0.6 is 0 Å². The standard InChI is InChI=1S/C50H32O/c1-3-12-33(13-4-1)35-22-24-36(25-23-35)49-42-18-7-9-20-44(42)50(45-21-10-8-19-43(45)49)40-27-29-47-46(31-40)41-28-26-39(32-48(41)51-47)38-17-11-16-37(30-38)34-14-5-2-6-15-34/h1-32H.